The lowest BCUT2D eigenvalue weighted by molar-refractivity contribution is 1.25. The Kier molecular flexibility index (Phi) is 5.87. The zero-order chi connectivity index (χ0) is 14.4. The number of nitrogens with zero attached hydrogens (tertiary/aromatic N) is 3. The largest absolute Gasteiger partial charge is 0.276 e. The molecule has 0 unspecified atom stereocenters. The summed E-state index contributed by atoms with van der Waals surface area (Å²) in [5.41, 5.74) is 4.49. The van der Waals surface area contributed by atoms with Gasteiger partial charge in [-0.1, -0.05) is 31.9 Å². The number of amidine groups is 1. The second-order valence-electron chi connectivity index (χ2n) is 3.68. The van der Waals surface area contributed by atoms with Gasteiger partial charge in [-0.2, -0.15) is 0 Å². The third-order valence-electron chi connectivity index (χ3n) is 2.20. The highest BCUT2D eigenvalue weighted by Crippen LogP contribution is 2.18. The molecule has 0 aromatic heterocycles. The number of benzene rings is 2. The van der Waals surface area contributed by atoms with Crippen molar-refractivity contribution in [1.29, 1.82) is 0 Å². The van der Waals surface area contributed by atoms with E-state index in [2.05, 4.69) is 68.5 Å². The van der Waals surface area contributed by atoms with Gasteiger partial charge in [0.1, 0.15) is 0 Å². The maximum Gasteiger partial charge on any atom is 0.236 e. The summed E-state index contributed by atoms with van der Waals surface area (Å²) in [6.07, 6.45) is 0. The quantitative estimate of drug-likeness (QED) is 0.195. The van der Waals surface area contributed by atoms with E-state index in [9.17, 15) is 0 Å². The number of hydrazone groups is 1. The predicted molar refractivity (Wildman–Crippen MR) is 92.8 cm³/mol. The van der Waals surface area contributed by atoms with E-state index < -0.39 is 0 Å². The van der Waals surface area contributed by atoms with Crippen molar-refractivity contribution in [3.05, 3.63) is 57.5 Å². The number of halogens is 3. The van der Waals surface area contributed by atoms with Crippen LogP contribution in [0.25, 0.3) is 0 Å². The summed E-state index contributed by atoms with van der Waals surface area (Å²) in [6, 6.07) is 15.2. The molecule has 20 heavy (non-hydrogen) atoms. The van der Waals surface area contributed by atoms with Gasteiger partial charge in [-0.25, -0.2) is 0 Å². The van der Waals surface area contributed by atoms with E-state index in [4.69, 9.17) is 0 Å². The van der Waals surface area contributed by atoms with E-state index in [1.165, 1.54) is 0 Å². The van der Waals surface area contributed by atoms with Gasteiger partial charge in [0.2, 0.25) is 4.74 Å². The smallest absolute Gasteiger partial charge is 0.236 e. The molecule has 2 aromatic carbocycles. The van der Waals surface area contributed by atoms with Gasteiger partial charge in [0, 0.05) is 8.95 Å². The molecular weight excluding hydrogens is 452 g/mol. The summed E-state index contributed by atoms with van der Waals surface area (Å²) in [5.74, 6) is 0. The highest BCUT2D eigenvalue weighted by molar-refractivity contribution is 9.18. The highest BCUT2D eigenvalue weighted by atomic mass is 79.9. The van der Waals surface area contributed by atoms with Crippen LogP contribution in [-0.2, 0) is 0 Å². The molecule has 0 spiro atoms. The Hall–Kier alpha value is -1.05. The van der Waals surface area contributed by atoms with E-state index in [1.54, 1.807) is 0 Å². The Bertz CT molecular complexity index is 621. The molecule has 0 heterocycles. The summed E-state index contributed by atoms with van der Waals surface area (Å²) < 4.78 is 2.38. The van der Waals surface area contributed by atoms with Crippen LogP contribution in [0.4, 0.5) is 11.4 Å². The Morgan fingerprint density at radius 3 is 2.00 bits per heavy atom. The Morgan fingerprint density at radius 2 is 1.40 bits per heavy atom. The zero-order valence-corrected chi connectivity index (χ0v) is 14.9. The minimum absolute atomic E-state index is 0.364. The molecule has 0 bridgehead atoms. The first kappa shape index (κ1) is 15.3. The standard InChI is InChI=1S/C13H9Br3N4/c14-9-1-5-11(6-2-9)17-19-13(16)20-18-12-7-3-10(15)4-8-12/h1-8,17H. The van der Waals surface area contributed by atoms with Gasteiger partial charge in [-0.15, -0.1) is 15.3 Å². The van der Waals surface area contributed by atoms with Crippen molar-refractivity contribution >= 4 is 63.9 Å². The SMILES string of the molecule is BrC(N=Nc1ccc(Br)cc1)=NNc1ccc(Br)cc1. The van der Waals surface area contributed by atoms with Crippen LogP contribution in [0, 0.1) is 0 Å². The Labute approximate surface area is 141 Å². The van der Waals surface area contributed by atoms with Crippen LogP contribution >= 0.6 is 47.8 Å². The summed E-state index contributed by atoms with van der Waals surface area (Å²) in [6.45, 7) is 0. The second kappa shape index (κ2) is 7.66. The lowest BCUT2D eigenvalue weighted by Crippen LogP contribution is -1.91. The van der Waals surface area contributed by atoms with E-state index >= 15 is 0 Å². The third-order valence-corrected chi connectivity index (χ3v) is 3.59. The molecule has 0 amide bonds. The molecule has 0 fully saturated rings. The van der Waals surface area contributed by atoms with E-state index in [1.807, 2.05) is 48.5 Å². The molecule has 2 aromatic rings. The predicted octanol–water partition coefficient (Wildman–Crippen LogP) is 6.07. The second-order valence-corrected chi connectivity index (χ2v) is 6.22. The molecule has 1 N–H and O–H groups in total. The summed E-state index contributed by atoms with van der Waals surface area (Å²) >= 11 is 9.96. The van der Waals surface area contributed by atoms with Gasteiger partial charge in [-0.05, 0) is 64.5 Å². The molecule has 0 radical (unpaired) electrons. The van der Waals surface area contributed by atoms with Crippen LogP contribution < -0.4 is 5.43 Å². The molecule has 0 aliphatic heterocycles. The first-order valence-electron chi connectivity index (χ1n) is 5.55. The van der Waals surface area contributed by atoms with Crippen LogP contribution in [0.3, 0.4) is 0 Å². The molecule has 2 rings (SSSR count). The fourth-order valence-corrected chi connectivity index (χ4v) is 1.96. The fourth-order valence-electron chi connectivity index (χ4n) is 1.26. The maximum absolute atomic E-state index is 4.06. The van der Waals surface area contributed by atoms with Crippen LogP contribution in [0.5, 0.6) is 0 Å². The number of nitrogens with one attached hydrogen (secondary N) is 1. The van der Waals surface area contributed by atoms with Crippen molar-refractivity contribution in [2.24, 2.45) is 15.3 Å². The monoisotopic (exact) mass is 458 g/mol. The lowest BCUT2D eigenvalue weighted by Gasteiger charge is -1.99. The van der Waals surface area contributed by atoms with Gasteiger partial charge in [0.25, 0.3) is 0 Å². The number of anilines is 1. The summed E-state index contributed by atoms with van der Waals surface area (Å²) in [4.78, 5) is 0. The molecule has 102 valence electrons. The Balaban J connectivity index is 1.96. The Morgan fingerprint density at radius 1 is 0.850 bits per heavy atom. The van der Waals surface area contributed by atoms with Crippen molar-refractivity contribution in [2.45, 2.75) is 0 Å². The first-order chi connectivity index (χ1) is 9.63. The molecule has 0 saturated heterocycles. The molecule has 0 saturated carbocycles. The number of hydrogen-bond acceptors (Lipinski definition) is 3. The van der Waals surface area contributed by atoms with Crippen molar-refractivity contribution < 1.29 is 0 Å². The van der Waals surface area contributed by atoms with Crippen LogP contribution in [0.2, 0.25) is 0 Å². The molecule has 0 aliphatic carbocycles. The van der Waals surface area contributed by atoms with Crippen LogP contribution in [-0.4, -0.2) is 4.74 Å². The minimum Gasteiger partial charge on any atom is -0.276 e. The normalized spacial score (nSPS) is 11.8. The van der Waals surface area contributed by atoms with Gasteiger partial charge in [0.15, 0.2) is 0 Å². The first-order valence-corrected chi connectivity index (χ1v) is 7.93. The van der Waals surface area contributed by atoms with Crippen molar-refractivity contribution in [3.63, 3.8) is 0 Å². The van der Waals surface area contributed by atoms with E-state index in [0.717, 1.165) is 20.3 Å². The zero-order valence-electron chi connectivity index (χ0n) is 10.1. The molecule has 7 heteroatoms. The van der Waals surface area contributed by atoms with Crippen molar-refractivity contribution in [2.75, 3.05) is 5.43 Å². The van der Waals surface area contributed by atoms with Crippen molar-refractivity contribution in [3.8, 4) is 0 Å². The van der Waals surface area contributed by atoms with Gasteiger partial charge in [0.05, 0.1) is 11.4 Å². The number of azo groups is 1. The molecule has 0 aliphatic rings. The van der Waals surface area contributed by atoms with E-state index in [0.29, 0.717) is 4.74 Å². The average molecular weight is 461 g/mol. The highest BCUT2D eigenvalue weighted by Gasteiger charge is 1.94. The van der Waals surface area contributed by atoms with Gasteiger partial charge in [-0.3, -0.25) is 5.43 Å². The van der Waals surface area contributed by atoms with Crippen LogP contribution in [0.1, 0.15) is 0 Å². The summed E-state index contributed by atoms with van der Waals surface area (Å²) in [5, 5.41) is 12.1. The van der Waals surface area contributed by atoms with Crippen LogP contribution in [0.15, 0.2) is 72.8 Å². The van der Waals surface area contributed by atoms with Gasteiger partial charge >= 0.3 is 0 Å². The maximum atomic E-state index is 4.06. The fraction of sp³-hybridized carbons (Fsp3) is 0. The van der Waals surface area contributed by atoms with Crippen molar-refractivity contribution in [1.82, 2.24) is 0 Å². The molecule has 0 atom stereocenters. The number of rotatable bonds is 3. The summed E-state index contributed by atoms with van der Waals surface area (Å²) in [7, 11) is 0. The number of hydrogen-bond donors (Lipinski definition) is 1. The molecule has 4 nitrogen and oxygen atoms in total. The van der Waals surface area contributed by atoms with Gasteiger partial charge < -0.3 is 0 Å². The van der Waals surface area contributed by atoms with E-state index in [-0.39, 0.29) is 0 Å². The third kappa shape index (κ3) is 5.15. The minimum atomic E-state index is 0.364. The lowest BCUT2D eigenvalue weighted by atomic mass is 10.3. The molecular formula is C13H9Br3N4. The topological polar surface area (TPSA) is 49.1 Å². The average Bonchev–Trinajstić information content (AvgIpc) is 2.46.